The van der Waals surface area contributed by atoms with E-state index in [1.807, 2.05) is 6.29 Å². The number of hydrogen-bond acceptors (Lipinski definition) is 2. The Hall–Kier alpha value is -0.370. The summed E-state index contributed by atoms with van der Waals surface area (Å²) in [6.45, 7) is 5.63. The summed E-state index contributed by atoms with van der Waals surface area (Å²) in [5.74, 6) is 1.50. The monoisotopic (exact) mass is 236 g/mol. The molecule has 0 saturated heterocycles. The first kappa shape index (κ1) is 13.1. The second-order valence-corrected chi connectivity index (χ2v) is 6.11. The zero-order valence-corrected chi connectivity index (χ0v) is 11.1. The van der Waals surface area contributed by atoms with Crippen LogP contribution in [0.4, 0.5) is 0 Å². The van der Waals surface area contributed by atoms with Crippen molar-refractivity contribution in [3.05, 3.63) is 6.42 Å². The first-order chi connectivity index (χ1) is 8.16. The maximum absolute atomic E-state index is 10.0. The van der Waals surface area contributed by atoms with E-state index in [4.69, 9.17) is 4.74 Å². The molecule has 0 spiro atoms. The first-order valence-electron chi connectivity index (χ1n) is 6.96. The largest absolute Gasteiger partial charge is 0.378 e. The Kier molecular flexibility index (Phi) is 4.24. The molecule has 2 fully saturated rings. The van der Waals surface area contributed by atoms with Gasteiger partial charge in [0, 0.05) is 13.0 Å². The quantitative estimate of drug-likeness (QED) is 0.634. The molecule has 2 rings (SSSR count). The van der Waals surface area contributed by atoms with Crippen LogP contribution in [0.5, 0.6) is 0 Å². The third-order valence-corrected chi connectivity index (χ3v) is 4.78. The maximum Gasteiger partial charge on any atom is 0.198 e. The molecule has 96 valence electrons. The topological polar surface area (TPSA) is 26.3 Å². The van der Waals surface area contributed by atoms with Gasteiger partial charge in [-0.2, -0.15) is 0 Å². The maximum atomic E-state index is 10.0. The lowest BCUT2D eigenvalue weighted by Crippen LogP contribution is -2.25. The van der Waals surface area contributed by atoms with Crippen LogP contribution < -0.4 is 0 Å². The van der Waals surface area contributed by atoms with E-state index in [2.05, 4.69) is 20.3 Å². The van der Waals surface area contributed by atoms with Crippen LogP contribution in [0.1, 0.15) is 52.4 Å². The van der Waals surface area contributed by atoms with Crippen LogP contribution in [0.15, 0.2) is 0 Å². The molecule has 3 unspecified atom stereocenters. The molecule has 2 heteroatoms. The minimum absolute atomic E-state index is 0.456. The number of rotatable bonds is 7. The zero-order chi connectivity index (χ0) is 12.3. The van der Waals surface area contributed by atoms with Gasteiger partial charge in [-0.25, -0.2) is 0 Å². The Morgan fingerprint density at radius 3 is 2.76 bits per heavy atom. The van der Waals surface area contributed by atoms with Crippen molar-refractivity contribution in [2.75, 3.05) is 6.61 Å². The number of ether oxygens (including phenoxy) is 1. The molecule has 2 radical (unpaired) electrons. The fourth-order valence-electron chi connectivity index (χ4n) is 3.53. The van der Waals surface area contributed by atoms with Gasteiger partial charge in [0.1, 0.15) is 0 Å². The van der Waals surface area contributed by atoms with E-state index in [9.17, 15) is 4.79 Å². The molecule has 0 aromatic rings. The fraction of sp³-hybridized carbons (Fsp3) is 0.867. The van der Waals surface area contributed by atoms with Crippen molar-refractivity contribution in [2.45, 2.75) is 58.5 Å². The molecular formula is C15H24O2. The molecule has 2 aliphatic rings. The van der Waals surface area contributed by atoms with E-state index in [1.165, 1.54) is 12.8 Å². The van der Waals surface area contributed by atoms with Crippen molar-refractivity contribution in [3.63, 3.8) is 0 Å². The minimum atomic E-state index is 0.456. The highest BCUT2D eigenvalue weighted by atomic mass is 16.5. The van der Waals surface area contributed by atoms with Crippen molar-refractivity contribution >= 4 is 6.29 Å². The van der Waals surface area contributed by atoms with E-state index in [0.29, 0.717) is 17.9 Å². The molecule has 0 amide bonds. The molecule has 0 aromatic heterocycles. The predicted molar refractivity (Wildman–Crippen MR) is 68.2 cm³/mol. The first-order valence-corrected chi connectivity index (χ1v) is 6.96. The Balaban J connectivity index is 1.63. The summed E-state index contributed by atoms with van der Waals surface area (Å²) in [6.07, 6.45) is 11.1. The molecule has 2 nitrogen and oxygen atoms in total. The molecule has 2 aliphatic carbocycles. The second-order valence-electron chi connectivity index (χ2n) is 6.11. The van der Waals surface area contributed by atoms with Gasteiger partial charge in [0.05, 0.1) is 6.10 Å². The number of fused-ring (bicyclic) bond motifs is 2. The molecule has 2 bridgehead atoms. The van der Waals surface area contributed by atoms with E-state index >= 15 is 0 Å². The molecule has 3 atom stereocenters. The lowest BCUT2D eigenvalue weighted by molar-refractivity contribution is 0.00822. The van der Waals surface area contributed by atoms with E-state index in [0.717, 1.165) is 37.7 Å². The van der Waals surface area contributed by atoms with Crippen molar-refractivity contribution in [3.8, 4) is 0 Å². The Labute approximate surface area is 105 Å². The van der Waals surface area contributed by atoms with Gasteiger partial charge >= 0.3 is 0 Å². The molecule has 0 aromatic carbocycles. The van der Waals surface area contributed by atoms with Crippen LogP contribution >= 0.6 is 0 Å². The van der Waals surface area contributed by atoms with Crippen LogP contribution in [0.3, 0.4) is 0 Å². The predicted octanol–water partition coefficient (Wildman–Crippen LogP) is 3.31. The zero-order valence-electron chi connectivity index (χ0n) is 11.1. The van der Waals surface area contributed by atoms with Gasteiger partial charge in [-0.05, 0) is 49.4 Å². The number of carbonyl (C=O) groups excluding carboxylic acids is 1. The minimum Gasteiger partial charge on any atom is -0.378 e. The van der Waals surface area contributed by atoms with Crippen molar-refractivity contribution in [1.82, 2.24) is 0 Å². The van der Waals surface area contributed by atoms with Gasteiger partial charge in [0.25, 0.3) is 0 Å². The summed E-state index contributed by atoms with van der Waals surface area (Å²) in [6, 6.07) is 0. The molecular weight excluding hydrogens is 212 g/mol. The van der Waals surface area contributed by atoms with Gasteiger partial charge < -0.3 is 4.74 Å². The van der Waals surface area contributed by atoms with Gasteiger partial charge in [0.15, 0.2) is 6.29 Å². The summed E-state index contributed by atoms with van der Waals surface area (Å²) < 4.78 is 6.03. The summed E-state index contributed by atoms with van der Waals surface area (Å²) in [5.41, 5.74) is 0.456. The highest BCUT2D eigenvalue weighted by Gasteiger charge is 2.53. The van der Waals surface area contributed by atoms with Crippen LogP contribution in [-0.2, 0) is 9.53 Å². The van der Waals surface area contributed by atoms with Gasteiger partial charge in [-0.1, -0.05) is 20.3 Å². The third kappa shape index (κ3) is 2.73. The van der Waals surface area contributed by atoms with Crippen LogP contribution in [0, 0.1) is 23.7 Å². The highest BCUT2D eigenvalue weighted by Crippen LogP contribution is 2.57. The van der Waals surface area contributed by atoms with Crippen LogP contribution in [0.2, 0.25) is 0 Å². The van der Waals surface area contributed by atoms with Crippen molar-refractivity contribution < 1.29 is 9.53 Å². The summed E-state index contributed by atoms with van der Waals surface area (Å²) in [4.78, 5) is 10.0. The Bertz CT molecular complexity index is 260. The summed E-state index contributed by atoms with van der Waals surface area (Å²) >= 11 is 0. The molecule has 17 heavy (non-hydrogen) atoms. The Morgan fingerprint density at radius 1 is 1.35 bits per heavy atom. The summed E-state index contributed by atoms with van der Waals surface area (Å²) in [7, 11) is 0. The molecule has 0 aliphatic heterocycles. The number of hydrogen-bond donors (Lipinski definition) is 0. The third-order valence-electron chi connectivity index (χ3n) is 4.78. The lowest BCUT2D eigenvalue weighted by atomic mass is 9.82. The molecule has 0 N–H and O–H groups in total. The lowest BCUT2D eigenvalue weighted by Gasteiger charge is -2.26. The van der Waals surface area contributed by atoms with Crippen molar-refractivity contribution in [2.24, 2.45) is 17.3 Å². The van der Waals surface area contributed by atoms with E-state index in [-0.39, 0.29) is 0 Å². The summed E-state index contributed by atoms with van der Waals surface area (Å²) in [5, 5.41) is 0. The average Bonchev–Trinajstić information content (AvgIpc) is 2.72. The van der Waals surface area contributed by atoms with Crippen molar-refractivity contribution in [1.29, 1.82) is 0 Å². The highest BCUT2D eigenvalue weighted by molar-refractivity contribution is 5.50. The van der Waals surface area contributed by atoms with E-state index < -0.39 is 0 Å². The van der Waals surface area contributed by atoms with Gasteiger partial charge in [0.2, 0.25) is 0 Å². The normalized spacial score (nSPS) is 34.1. The standard InChI is InChI=1S/C15H24O2/c1-15(2)12-7-8-13(15)14(11-12)17-10-6-4-3-5-9-16/h7,12-14H,3-6,8,10-11H2,1-2H3. The molecule has 2 saturated carbocycles. The second kappa shape index (κ2) is 5.51. The van der Waals surface area contributed by atoms with Crippen LogP contribution in [-0.4, -0.2) is 19.0 Å². The number of unbranched alkanes of at least 4 members (excludes halogenated alkanes) is 3. The van der Waals surface area contributed by atoms with Gasteiger partial charge in [-0.15, -0.1) is 0 Å². The van der Waals surface area contributed by atoms with Gasteiger partial charge in [-0.3, -0.25) is 4.79 Å². The van der Waals surface area contributed by atoms with Crippen LogP contribution in [0.25, 0.3) is 0 Å². The van der Waals surface area contributed by atoms with E-state index in [1.54, 1.807) is 0 Å². The SMILES string of the molecule is CC1(C)C2[CH]CC1C(OCCCCC[C]=O)C2. The fourth-order valence-corrected chi connectivity index (χ4v) is 3.53. The Morgan fingerprint density at radius 2 is 2.18 bits per heavy atom. The molecule has 0 heterocycles. The average molecular weight is 236 g/mol. The smallest absolute Gasteiger partial charge is 0.198 e.